The largest absolute Gasteiger partial charge is 0.384 e. The molecule has 1 atom stereocenters. The average Bonchev–Trinajstić information content (AvgIpc) is 2.38. The lowest BCUT2D eigenvalue weighted by molar-refractivity contribution is 0.734. The predicted molar refractivity (Wildman–Crippen MR) is 72.8 cm³/mol. The molecule has 2 nitrogen and oxygen atoms in total. The Labute approximate surface area is 103 Å². The molecule has 2 heteroatoms. The Hall–Kier alpha value is -1.83. The number of pyridine rings is 1. The van der Waals surface area contributed by atoms with E-state index in [-0.39, 0.29) is 0 Å². The summed E-state index contributed by atoms with van der Waals surface area (Å²) < 4.78 is 0. The molecule has 0 spiro atoms. The van der Waals surface area contributed by atoms with Gasteiger partial charge in [-0.05, 0) is 30.0 Å². The van der Waals surface area contributed by atoms with Gasteiger partial charge in [0.15, 0.2) is 0 Å². The van der Waals surface area contributed by atoms with E-state index in [9.17, 15) is 0 Å². The first-order chi connectivity index (χ1) is 8.20. The van der Waals surface area contributed by atoms with Crippen molar-refractivity contribution in [3.05, 3.63) is 48.0 Å². The minimum atomic E-state index is 0.563. The minimum Gasteiger partial charge on any atom is -0.384 e. The van der Waals surface area contributed by atoms with Crippen LogP contribution in [-0.2, 0) is 0 Å². The van der Waals surface area contributed by atoms with E-state index in [0.29, 0.717) is 11.7 Å². The fourth-order valence-electron chi connectivity index (χ4n) is 1.83. The maximum Gasteiger partial charge on any atom is 0.124 e. The highest BCUT2D eigenvalue weighted by Crippen LogP contribution is 2.23. The Bertz CT molecular complexity index is 489. The summed E-state index contributed by atoms with van der Waals surface area (Å²) in [4.78, 5) is 4.32. The van der Waals surface area contributed by atoms with Crippen LogP contribution in [-0.4, -0.2) is 4.98 Å². The summed E-state index contributed by atoms with van der Waals surface area (Å²) in [6.07, 6.45) is 1.16. The molecule has 1 aromatic carbocycles. The minimum absolute atomic E-state index is 0.563. The van der Waals surface area contributed by atoms with Crippen LogP contribution < -0.4 is 5.73 Å². The van der Waals surface area contributed by atoms with Crippen LogP contribution in [0.2, 0.25) is 0 Å². The number of benzene rings is 1. The Morgan fingerprint density at radius 3 is 2.41 bits per heavy atom. The monoisotopic (exact) mass is 226 g/mol. The highest BCUT2D eigenvalue weighted by molar-refractivity contribution is 5.61. The predicted octanol–water partition coefficient (Wildman–Crippen LogP) is 3.84. The van der Waals surface area contributed by atoms with Gasteiger partial charge in [0.2, 0.25) is 0 Å². The molecule has 0 fully saturated rings. The molecule has 88 valence electrons. The molecule has 0 aliphatic heterocycles. The second-order valence-electron chi connectivity index (χ2n) is 4.38. The summed E-state index contributed by atoms with van der Waals surface area (Å²) in [7, 11) is 0. The van der Waals surface area contributed by atoms with Crippen molar-refractivity contribution in [2.45, 2.75) is 26.2 Å². The van der Waals surface area contributed by atoms with Crippen molar-refractivity contribution in [2.24, 2.45) is 0 Å². The van der Waals surface area contributed by atoms with Gasteiger partial charge in [-0.25, -0.2) is 4.98 Å². The summed E-state index contributed by atoms with van der Waals surface area (Å²) >= 11 is 0. The summed E-state index contributed by atoms with van der Waals surface area (Å²) in [6, 6.07) is 14.3. The van der Waals surface area contributed by atoms with Gasteiger partial charge < -0.3 is 5.73 Å². The van der Waals surface area contributed by atoms with Crippen molar-refractivity contribution < 1.29 is 0 Å². The zero-order chi connectivity index (χ0) is 12.3. The number of nitrogens with zero attached hydrogens (tertiary/aromatic N) is 1. The van der Waals surface area contributed by atoms with E-state index >= 15 is 0 Å². The van der Waals surface area contributed by atoms with E-state index in [0.717, 1.165) is 17.7 Å². The SMILES string of the molecule is CCC(C)c1ccc(-c2cccc(N)n2)cc1. The second-order valence-corrected chi connectivity index (χ2v) is 4.38. The van der Waals surface area contributed by atoms with E-state index < -0.39 is 0 Å². The van der Waals surface area contributed by atoms with Crippen LogP contribution in [0.25, 0.3) is 11.3 Å². The van der Waals surface area contributed by atoms with Crippen molar-refractivity contribution in [3.63, 3.8) is 0 Å². The maximum absolute atomic E-state index is 5.68. The van der Waals surface area contributed by atoms with Gasteiger partial charge >= 0.3 is 0 Å². The number of nitrogens with two attached hydrogens (primary N) is 1. The molecule has 1 aromatic heterocycles. The van der Waals surface area contributed by atoms with Gasteiger partial charge in [0.05, 0.1) is 5.69 Å². The molecule has 2 aromatic rings. The third-order valence-corrected chi connectivity index (χ3v) is 3.16. The average molecular weight is 226 g/mol. The Morgan fingerprint density at radius 1 is 1.12 bits per heavy atom. The standard InChI is InChI=1S/C15H18N2/c1-3-11(2)12-7-9-13(10-8-12)14-5-4-6-15(16)17-14/h4-11H,3H2,1-2H3,(H2,16,17). The van der Waals surface area contributed by atoms with Crippen molar-refractivity contribution in [3.8, 4) is 11.3 Å². The third kappa shape index (κ3) is 2.64. The Balaban J connectivity index is 2.29. The smallest absolute Gasteiger partial charge is 0.124 e. The van der Waals surface area contributed by atoms with E-state index in [2.05, 4.69) is 43.1 Å². The van der Waals surface area contributed by atoms with Crippen molar-refractivity contribution >= 4 is 5.82 Å². The number of hydrogen-bond acceptors (Lipinski definition) is 2. The fourth-order valence-corrected chi connectivity index (χ4v) is 1.83. The molecule has 1 heterocycles. The lowest BCUT2D eigenvalue weighted by atomic mass is 9.97. The molecule has 0 aliphatic carbocycles. The van der Waals surface area contributed by atoms with E-state index in [1.807, 2.05) is 12.1 Å². The Morgan fingerprint density at radius 2 is 1.82 bits per heavy atom. The molecule has 0 radical (unpaired) electrons. The molecule has 0 saturated carbocycles. The molecule has 2 N–H and O–H groups in total. The van der Waals surface area contributed by atoms with Gasteiger partial charge in [0.1, 0.15) is 5.82 Å². The fraction of sp³-hybridized carbons (Fsp3) is 0.267. The lowest BCUT2D eigenvalue weighted by Crippen LogP contribution is -1.93. The van der Waals surface area contributed by atoms with Crippen molar-refractivity contribution in [2.75, 3.05) is 5.73 Å². The van der Waals surface area contributed by atoms with Gasteiger partial charge in [-0.1, -0.05) is 44.2 Å². The number of rotatable bonds is 3. The first kappa shape index (κ1) is 11.6. The van der Waals surface area contributed by atoms with Crippen LogP contribution in [0.1, 0.15) is 31.7 Å². The van der Waals surface area contributed by atoms with Crippen LogP contribution in [0.15, 0.2) is 42.5 Å². The maximum atomic E-state index is 5.68. The molecule has 0 saturated heterocycles. The molecule has 0 bridgehead atoms. The summed E-state index contributed by atoms with van der Waals surface area (Å²) in [5.74, 6) is 1.17. The molecule has 2 rings (SSSR count). The molecular weight excluding hydrogens is 208 g/mol. The van der Waals surface area contributed by atoms with Crippen LogP contribution in [0.5, 0.6) is 0 Å². The van der Waals surface area contributed by atoms with Crippen LogP contribution in [0.3, 0.4) is 0 Å². The number of anilines is 1. The topological polar surface area (TPSA) is 38.9 Å². The first-order valence-electron chi connectivity index (χ1n) is 6.03. The van der Waals surface area contributed by atoms with Gasteiger partial charge in [0, 0.05) is 5.56 Å². The van der Waals surface area contributed by atoms with E-state index in [4.69, 9.17) is 5.73 Å². The van der Waals surface area contributed by atoms with Crippen LogP contribution >= 0.6 is 0 Å². The molecule has 0 aliphatic rings. The van der Waals surface area contributed by atoms with Crippen LogP contribution in [0, 0.1) is 0 Å². The quantitative estimate of drug-likeness (QED) is 0.863. The summed E-state index contributed by atoms with van der Waals surface area (Å²) in [5, 5.41) is 0. The van der Waals surface area contributed by atoms with Gasteiger partial charge in [-0.2, -0.15) is 0 Å². The number of hydrogen-bond donors (Lipinski definition) is 1. The number of nitrogen functional groups attached to an aromatic ring is 1. The molecule has 0 amide bonds. The van der Waals surface area contributed by atoms with Crippen LogP contribution in [0.4, 0.5) is 5.82 Å². The van der Waals surface area contributed by atoms with Gasteiger partial charge in [-0.3, -0.25) is 0 Å². The van der Waals surface area contributed by atoms with E-state index in [1.165, 1.54) is 5.56 Å². The first-order valence-corrected chi connectivity index (χ1v) is 6.03. The summed E-state index contributed by atoms with van der Waals surface area (Å²) in [5.41, 5.74) is 9.11. The lowest BCUT2D eigenvalue weighted by Gasteiger charge is -2.09. The van der Waals surface area contributed by atoms with Crippen molar-refractivity contribution in [1.82, 2.24) is 4.98 Å². The molecule has 17 heavy (non-hydrogen) atoms. The molecular formula is C15H18N2. The van der Waals surface area contributed by atoms with Crippen molar-refractivity contribution in [1.29, 1.82) is 0 Å². The number of aromatic nitrogens is 1. The summed E-state index contributed by atoms with van der Waals surface area (Å²) in [6.45, 7) is 4.45. The zero-order valence-electron chi connectivity index (χ0n) is 10.4. The third-order valence-electron chi connectivity index (χ3n) is 3.16. The van der Waals surface area contributed by atoms with Gasteiger partial charge in [0.25, 0.3) is 0 Å². The molecule has 1 unspecified atom stereocenters. The highest BCUT2D eigenvalue weighted by Gasteiger charge is 2.04. The second kappa shape index (κ2) is 5.00. The highest BCUT2D eigenvalue weighted by atomic mass is 14.8. The zero-order valence-corrected chi connectivity index (χ0v) is 10.4. The normalized spacial score (nSPS) is 12.4. The van der Waals surface area contributed by atoms with Gasteiger partial charge in [-0.15, -0.1) is 0 Å². The van der Waals surface area contributed by atoms with E-state index in [1.54, 1.807) is 6.07 Å². The Kier molecular flexibility index (Phi) is 3.43.